The SMILES string of the molecule is COc1cc(C(=O)NCC(O)(c2cc3c(c(F)n2)OCC3(C)N)C(F)(F)F)cc2cccnc12. The van der Waals surface area contributed by atoms with E-state index in [0.29, 0.717) is 10.9 Å². The fourth-order valence-corrected chi connectivity index (χ4v) is 3.67. The lowest BCUT2D eigenvalue weighted by molar-refractivity contribution is -0.265. The molecule has 0 spiro atoms. The normalized spacial score (nSPS) is 19.3. The number of aliphatic hydroxyl groups is 1. The molecule has 2 aromatic heterocycles. The van der Waals surface area contributed by atoms with Crippen LogP contribution in [0.2, 0.25) is 0 Å². The summed E-state index contributed by atoms with van der Waals surface area (Å²) in [5.41, 5.74) is 0.278. The molecule has 0 radical (unpaired) electrons. The molecule has 12 heteroatoms. The summed E-state index contributed by atoms with van der Waals surface area (Å²) in [6.45, 7) is -0.0707. The zero-order chi connectivity index (χ0) is 24.9. The number of aromatic nitrogens is 2. The van der Waals surface area contributed by atoms with E-state index in [1.807, 2.05) is 0 Å². The molecule has 1 aromatic carbocycles. The van der Waals surface area contributed by atoms with Crippen LogP contribution in [0.15, 0.2) is 36.5 Å². The molecule has 1 aliphatic rings. The molecule has 0 saturated carbocycles. The van der Waals surface area contributed by atoms with Crippen LogP contribution in [0.5, 0.6) is 11.5 Å². The van der Waals surface area contributed by atoms with Crippen molar-refractivity contribution in [1.82, 2.24) is 15.3 Å². The van der Waals surface area contributed by atoms with Gasteiger partial charge in [0.15, 0.2) is 5.75 Å². The van der Waals surface area contributed by atoms with Crippen LogP contribution in [0.1, 0.15) is 28.5 Å². The Morgan fingerprint density at radius 1 is 1.35 bits per heavy atom. The lowest BCUT2D eigenvalue weighted by Gasteiger charge is -2.31. The zero-order valence-electron chi connectivity index (χ0n) is 18.0. The van der Waals surface area contributed by atoms with Crippen molar-refractivity contribution in [2.45, 2.75) is 24.2 Å². The van der Waals surface area contributed by atoms with Crippen LogP contribution in [0.4, 0.5) is 17.6 Å². The molecule has 1 aliphatic heterocycles. The summed E-state index contributed by atoms with van der Waals surface area (Å²) in [6, 6.07) is 6.83. The second-order valence-electron chi connectivity index (χ2n) is 8.18. The first-order valence-electron chi connectivity index (χ1n) is 10.0. The Kier molecular flexibility index (Phi) is 5.61. The number of carbonyl (C=O) groups excluding carboxylic acids is 1. The van der Waals surface area contributed by atoms with E-state index in [-0.39, 0.29) is 29.2 Å². The molecule has 3 heterocycles. The Bertz CT molecular complexity index is 1280. The highest BCUT2D eigenvalue weighted by molar-refractivity contribution is 5.99. The van der Waals surface area contributed by atoms with Crippen LogP contribution in [0.3, 0.4) is 0 Å². The lowest BCUT2D eigenvalue weighted by Crippen LogP contribution is -2.51. The molecule has 2 atom stereocenters. The van der Waals surface area contributed by atoms with Crippen molar-refractivity contribution in [2.24, 2.45) is 5.73 Å². The van der Waals surface area contributed by atoms with Crippen molar-refractivity contribution >= 4 is 16.8 Å². The highest BCUT2D eigenvalue weighted by atomic mass is 19.4. The van der Waals surface area contributed by atoms with Gasteiger partial charge in [0.05, 0.1) is 24.9 Å². The smallest absolute Gasteiger partial charge is 0.424 e. The molecule has 0 aliphatic carbocycles. The van der Waals surface area contributed by atoms with E-state index >= 15 is 0 Å². The van der Waals surface area contributed by atoms with Crippen molar-refractivity contribution in [3.05, 3.63) is 59.3 Å². The van der Waals surface area contributed by atoms with Gasteiger partial charge >= 0.3 is 6.18 Å². The molecule has 4 rings (SSSR count). The molecular weight excluding hydrogens is 460 g/mol. The molecule has 8 nitrogen and oxygen atoms in total. The second-order valence-corrected chi connectivity index (χ2v) is 8.18. The van der Waals surface area contributed by atoms with E-state index in [2.05, 4.69) is 15.3 Å². The first kappa shape index (κ1) is 23.6. The maximum Gasteiger partial charge on any atom is 0.424 e. The second kappa shape index (κ2) is 8.06. The molecule has 0 fully saturated rings. The quantitative estimate of drug-likeness (QED) is 0.379. The summed E-state index contributed by atoms with van der Waals surface area (Å²) in [5, 5.41) is 13.2. The Balaban J connectivity index is 1.68. The summed E-state index contributed by atoms with van der Waals surface area (Å²) in [7, 11) is 1.36. The number of alkyl halides is 3. The van der Waals surface area contributed by atoms with Crippen molar-refractivity contribution in [2.75, 3.05) is 20.3 Å². The Hall–Kier alpha value is -3.51. The number of rotatable bonds is 5. The number of nitrogens with one attached hydrogen (secondary N) is 1. The monoisotopic (exact) mass is 480 g/mol. The number of fused-ring (bicyclic) bond motifs is 2. The number of ether oxygens (including phenoxy) is 2. The van der Waals surface area contributed by atoms with Gasteiger partial charge in [0.1, 0.15) is 17.9 Å². The fraction of sp³-hybridized carbons (Fsp3) is 0.318. The molecule has 4 N–H and O–H groups in total. The summed E-state index contributed by atoms with van der Waals surface area (Å²) >= 11 is 0. The number of carbonyl (C=O) groups is 1. The predicted molar refractivity (Wildman–Crippen MR) is 112 cm³/mol. The standard InChI is InChI=1S/C22H20F4N4O4/c1-20(27)10-34-17-13(20)8-15(30-18(17)23)21(32,22(24,25)26)9-29-19(31)12-6-11-4-3-5-28-16(11)14(7-12)33-2/h3-8,32H,9-10,27H2,1-2H3,(H,29,31). The third kappa shape index (κ3) is 3.88. The number of pyridine rings is 2. The van der Waals surface area contributed by atoms with E-state index in [0.717, 1.165) is 6.07 Å². The van der Waals surface area contributed by atoms with E-state index in [1.165, 1.54) is 32.4 Å². The van der Waals surface area contributed by atoms with E-state index in [9.17, 15) is 27.5 Å². The molecule has 0 bridgehead atoms. The van der Waals surface area contributed by atoms with Gasteiger partial charge in [-0.3, -0.25) is 9.78 Å². The average Bonchev–Trinajstić information content (AvgIpc) is 3.10. The highest BCUT2D eigenvalue weighted by Crippen LogP contribution is 2.43. The van der Waals surface area contributed by atoms with Crippen LogP contribution in [0, 0.1) is 5.95 Å². The van der Waals surface area contributed by atoms with Crippen LogP contribution in [-0.2, 0) is 11.1 Å². The number of nitrogens with zero attached hydrogens (tertiary/aromatic N) is 2. The number of benzene rings is 1. The van der Waals surface area contributed by atoms with Gasteiger partial charge in [-0.25, -0.2) is 4.98 Å². The van der Waals surface area contributed by atoms with Crippen LogP contribution < -0.4 is 20.5 Å². The number of hydrogen-bond donors (Lipinski definition) is 3. The minimum atomic E-state index is -5.32. The zero-order valence-corrected chi connectivity index (χ0v) is 18.0. The third-order valence-corrected chi connectivity index (χ3v) is 5.61. The Labute approximate surface area is 190 Å². The summed E-state index contributed by atoms with van der Waals surface area (Å²) < 4.78 is 66.7. The number of amides is 1. The largest absolute Gasteiger partial charge is 0.494 e. The number of nitrogens with two attached hydrogens (primary N) is 1. The predicted octanol–water partition coefficient (Wildman–Crippen LogP) is 2.52. The van der Waals surface area contributed by atoms with Gasteiger partial charge in [0.2, 0.25) is 5.60 Å². The molecule has 0 saturated heterocycles. The highest BCUT2D eigenvalue weighted by Gasteiger charge is 2.57. The first-order chi connectivity index (χ1) is 15.9. The van der Waals surface area contributed by atoms with Crippen molar-refractivity contribution in [3.63, 3.8) is 0 Å². The number of halogens is 4. The van der Waals surface area contributed by atoms with Gasteiger partial charge in [0.25, 0.3) is 11.9 Å². The van der Waals surface area contributed by atoms with Gasteiger partial charge in [-0.15, -0.1) is 0 Å². The molecule has 2 unspecified atom stereocenters. The van der Waals surface area contributed by atoms with Crippen LogP contribution in [-0.4, -0.2) is 47.4 Å². The molecule has 1 amide bonds. The Morgan fingerprint density at radius 2 is 2.09 bits per heavy atom. The van der Waals surface area contributed by atoms with Gasteiger partial charge in [-0.05, 0) is 31.2 Å². The van der Waals surface area contributed by atoms with E-state index in [4.69, 9.17) is 15.2 Å². The van der Waals surface area contributed by atoms with Gasteiger partial charge in [-0.1, -0.05) is 6.07 Å². The molecular formula is C22H20F4N4O4. The summed E-state index contributed by atoms with van der Waals surface area (Å²) in [4.78, 5) is 20.1. The van der Waals surface area contributed by atoms with Crippen molar-refractivity contribution in [3.8, 4) is 11.5 Å². The maximum absolute atomic E-state index is 14.4. The molecule has 3 aromatic rings. The molecule has 34 heavy (non-hydrogen) atoms. The third-order valence-electron chi connectivity index (χ3n) is 5.61. The number of hydrogen-bond acceptors (Lipinski definition) is 7. The van der Waals surface area contributed by atoms with E-state index < -0.39 is 41.4 Å². The topological polar surface area (TPSA) is 120 Å². The minimum Gasteiger partial charge on any atom is -0.494 e. The molecule has 180 valence electrons. The summed E-state index contributed by atoms with van der Waals surface area (Å²) in [5.74, 6) is -2.42. The number of methoxy groups -OCH3 is 1. The fourth-order valence-electron chi connectivity index (χ4n) is 3.67. The van der Waals surface area contributed by atoms with Gasteiger partial charge in [0, 0.05) is 22.7 Å². The minimum absolute atomic E-state index is 0.0297. The Morgan fingerprint density at radius 3 is 2.76 bits per heavy atom. The van der Waals surface area contributed by atoms with Crippen LogP contribution >= 0.6 is 0 Å². The van der Waals surface area contributed by atoms with E-state index in [1.54, 1.807) is 12.1 Å². The summed E-state index contributed by atoms with van der Waals surface area (Å²) in [6.07, 6.45) is -3.79. The first-order valence-corrected chi connectivity index (χ1v) is 10.0. The lowest BCUT2D eigenvalue weighted by atomic mass is 9.91. The van der Waals surface area contributed by atoms with Gasteiger partial charge in [-0.2, -0.15) is 17.6 Å². The average molecular weight is 480 g/mol. The van der Waals surface area contributed by atoms with Gasteiger partial charge < -0.3 is 25.6 Å². The van der Waals surface area contributed by atoms with Crippen molar-refractivity contribution < 1.29 is 36.9 Å². The maximum atomic E-state index is 14.4. The van der Waals surface area contributed by atoms with Crippen LogP contribution in [0.25, 0.3) is 10.9 Å². The van der Waals surface area contributed by atoms with Crippen molar-refractivity contribution in [1.29, 1.82) is 0 Å².